The third-order valence-electron chi connectivity index (χ3n) is 6.04. The summed E-state index contributed by atoms with van der Waals surface area (Å²) in [6.45, 7) is 3.02. The van der Waals surface area contributed by atoms with Crippen molar-refractivity contribution >= 4 is 40.7 Å². The number of carbonyl (C=O) groups is 2. The average molecular weight is 496 g/mol. The largest absolute Gasteiger partial charge is 0.352 e. The molecule has 2 N–H and O–H groups in total. The zero-order valence-corrected chi connectivity index (χ0v) is 20.3. The van der Waals surface area contributed by atoms with Gasteiger partial charge in [0, 0.05) is 40.3 Å². The van der Waals surface area contributed by atoms with E-state index < -0.39 is 0 Å². The predicted molar refractivity (Wildman–Crippen MR) is 137 cm³/mol. The van der Waals surface area contributed by atoms with Crippen LogP contribution in [0.3, 0.4) is 0 Å². The number of nitrogens with one attached hydrogen (secondary N) is 2. The molecule has 1 aliphatic rings. The minimum atomic E-state index is -0.167. The van der Waals surface area contributed by atoms with Crippen LogP contribution < -0.4 is 10.6 Å². The molecule has 1 aliphatic heterocycles. The Labute approximate surface area is 210 Å². The maximum Gasteiger partial charge on any atom is 0.255 e. The van der Waals surface area contributed by atoms with E-state index in [1.807, 2.05) is 42.5 Å². The molecule has 2 amide bonds. The summed E-state index contributed by atoms with van der Waals surface area (Å²) < 4.78 is 0. The zero-order valence-electron chi connectivity index (χ0n) is 18.8. The fraction of sp³-hybridized carbons (Fsp3) is 0.259. The fourth-order valence-electron chi connectivity index (χ4n) is 4.10. The average Bonchev–Trinajstić information content (AvgIpc) is 2.84. The number of anilines is 1. The highest BCUT2D eigenvalue weighted by atomic mass is 35.5. The van der Waals surface area contributed by atoms with E-state index in [-0.39, 0.29) is 17.7 Å². The molecule has 34 heavy (non-hydrogen) atoms. The smallest absolute Gasteiger partial charge is 0.255 e. The lowest BCUT2D eigenvalue weighted by Crippen LogP contribution is -2.40. The lowest BCUT2D eigenvalue weighted by atomic mass is 9.95. The number of benzene rings is 3. The maximum absolute atomic E-state index is 12.6. The van der Waals surface area contributed by atoms with Gasteiger partial charge in [0.1, 0.15) is 0 Å². The number of nitrogens with zero attached hydrogens (tertiary/aromatic N) is 1. The summed E-state index contributed by atoms with van der Waals surface area (Å²) in [5, 5.41) is 7.28. The molecule has 1 fully saturated rings. The van der Waals surface area contributed by atoms with Crippen molar-refractivity contribution in [1.82, 2.24) is 10.2 Å². The van der Waals surface area contributed by atoms with Gasteiger partial charge in [0.25, 0.3) is 5.91 Å². The molecule has 176 valence electrons. The first-order chi connectivity index (χ1) is 16.5. The number of carbonyl (C=O) groups excluding carboxylic acids is 2. The van der Waals surface area contributed by atoms with Gasteiger partial charge in [0.2, 0.25) is 5.91 Å². The van der Waals surface area contributed by atoms with Gasteiger partial charge in [0.05, 0.1) is 0 Å². The number of piperidine rings is 1. The van der Waals surface area contributed by atoms with Crippen LogP contribution in [-0.4, -0.2) is 29.8 Å². The molecule has 0 aromatic heterocycles. The van der Waals surface area contributed by atoms with E-state index >= 15 is 0 Å². The standard InChI is InChI=1S/C27H27Cl2N3O2/c28-23-8-4-19(5-9-23)17-30-26(33)22-12-14-32(15-13-22)18-20-2-1-3-25(16-20)31-27(34)21-6-10-24(29)11-7-21/h1-11,16,22H,12-15,17-18H2,(H,30,33)(H,31,34). The van der Waals surface area contributed by atoms with Gasteiger partial charge in [0.15, 0.2) is 0 Å². The Morgan fingerprint density at radius 1 is 0.853 bits per heavy atom. The van der Waals surface area contributed by atoms with Gasteiger partial charge in [-0.05, 0) is 85.6 Å². The summed E-state index contributed by atoms with van der Waals surface area (Å²) in [6, 6.07) is 22.2. The van der Waals surface area contributed by atoms with Crippen LogP contribution in [0.2, 0.25) is 10.0 Å². The first-order valence-corrected chi connectivity index (χ1v) is 12.1. The molecule has 4 rings (SSSR count). The van der Waals surface area contributed by atoms with E-state index in [0.29, 0.717) is 22.2 Å². The van der Waals surface area contributed by atoms with Crippen molar-refractivity contribution < 1.29 is 9.59 Å². The van der Waals surface area contributed by atoms with Crippen LogP contribution in [-0.2, 0) is 17.9 Å². The summed E-state index contributed by atoms with van der Waals surface area (Å²) in [6.07, 6.45) is 1.67. The van der Waals surface area contributed by atoms with E-state index in [0.717, 1.165) is 49.3 Å². The van der Waals surface area contributed by atoms with Crippen molar-refractivity contribution in [1.29, 1.82) is 0 Å². The predicted octanol–water partition coefficient (Wildman–Crippen LogP) is 5.77. The fourth-order valence-corrected chi connectivity index (χ4v) is 4.35. The number of hydrogen-bond acceptors (Lipinski definition) is 3. The van der Waals surface area contributed by atoms with Gasteiger partial charge in [-0.2, -0.15) is 0 Å². The van der Waals surface area contributed by atoms with Crippen molar-refractivity contribution in [2.24, 2.45) is 5.92 Å². The second-order valence-corrected chi connectivity index (χ2v) is 9.43. The maximum atomic E-state index is 12.6. The van der Waals surface area contributed by atoms with Gasteiger partial charge >= 0.3 is 0 Å². The normalized spacial score (nSPS) is 14.5. The number of likely N-dealkylation sites (tertiary alicyclic amines) is 1. The zero-order chi connectivity index (χ0) is 23.9. The molecule has 0 bridgehead atoms. The van der Waals surface area contributed by atoms with Crippen LogP contribution in [0.15, 0.2) is 72.8 Å². The summed E-state index contributed by atoms with van der Waals surface area (Å²) in [5.41, 5.74) is 3.48. The highest BCUT2D eigenvalue weighted by molar-refractivity contribution is 6.30. The molecule has 0 saturated carbocycles. The summed E-state index contributed by atoms with van der Waals surface area (Å²) in [5.74, 6) is -0.0192. The Balaban J connectivity index is 1.24. The van der Waals surface area contributed by atoms with Crippen molar-refractivity contribution in [3.05, 3.63) is 99.5 Å². The molecule has 1 heterocycles. The van der Waals surface area contributed by atoms with Crippen molar-refractivity contribution in [2.75, 3.05) is 18.4 Å². The van der Waals surface area contributed by atoms with Crippen molar-refractivity contribution in [3.8, 4) is 0 Å². The molecular formula is C27H27Cl2N3O2. The molecule has 7 heteroatoms. The minimum absolute atomic E-state index is 0.0357. The topological polar surface area (TPSA) is 61.4 Å². The molecule has 5 nitrogen and oxygen atoms in total. The number of rotatable bonds is 7. The van der Waals surface area contributed by atoms with E-state index in [2.05, 4.69) is 21.6 Å². The Morgan fingerprint density at radius 2 is 1.50 bits per heavy atom. The Kier molecular flexibility index (Phi) is 8.22. The van der Waals surface area contributed by atoms with Gasteiger partial charge in [-0.3, -0.25) is 14.5 Å². The van der Waals surface area contributed by atoms with E-state index in [9.17, 15) is 9.59 Å². The molecule has 1 saturated heterocycles. The third-order valence-corrected chi connectivity index (χ3v) is 6.54. The van der Waals surface area contributed by atoms with Gasteiger partial charge in [-0.15, -0.1) is 0 Å². The van der Waals surface area contributed by atoms with Crippen LogP contribution in [0.5, 0.6) is 0 Å². The summed E-state index contributed by atoms with van der Waals surface area (Å²) >= 11 is 11.8. The molecule has 3 aromatic rings. The molecule has 0 atom stereocenters. The third kappa shape index (κ3) is 6.83. The molecular weight excluding hydrogens is 469 g/mol. The Hall–Kier alpha value is -2.86. The summed E-state index contributed by atoms with van der Waals surface area (Å²) in [4.78, 5) is 27.4. The monoisotopic (exact) mass is 495 g/mol. The minimum Gasteiger partial charge on any atom is -0.352 e. The van der Waals surface area contributed by atoms with Crippen LogP contribution in [0.1, 0.15) is 34.3 Å². The molecule has 0 unspecified atom stereocenters. The van der Waals surface area contributed by atoms with E-state index in [4.69, 9.17) is 23.2 Å². The Morgan fingerprint density at radius 3 is 2.18 bits per heavy atom. The lowest BCUT2D eigenvalue weighted by Gasteiger charge is -2.31. The number of amides is 2. The van der Waals surface area contributed by atoms with Gasteiger partial charge in [-0.25, -0.2) is 0 Å². The SMILES string of the molecule is O=C(Nc1cccc(CN2CCC(C(=O)NCc3ccc(Cl)cc3)CC2)c1)c1ccc(Cl)cc1. The number of hydrogen-bond donors (Lipinski definition) is 2. The van der Waals surface area contributed by atoms with E-state index in [1.165, 1.54) is 0 Å². The van der Waals surface area contributed by atoms with E-state index in [1.54, 1.807) is 24.3 Å². The number of halogens is 2. The first-order valence-electron chi connectivity index (χ1n) is 11.4. The summed E-state index contributed by atoms with van der Waals surface area (Å²) in [7, 11) is 0. The lowest BCUT2D eigenvalue weighted by molar-refractivity contribution is -0.126. The molecule has 0 radical (unpaired) electrons. The van der Waals surface area contributed by atoms with Crippen molar-refractivity contribution in [2.45, 2.75) is 25.9 Å². The van der Waals surface area contributed by atoms with Crippen LogP contribution in [0.25, 0.3) is 0 Å². The second-order valence-electron chi connectivity index (χ2n) is 8.56. The molecule has 0 spiro atoms. The van der Waals surface area contributed by atoms with Crippen LogP contribution in [0.4, 0.5) is 5.69 Å². The van der Waals surface area contributed by atoms with Crippen LogP contribution in [0, 0.1) is 5.92 Å². The Bertz CT molecular complexity index is 1130. The second kappa shape index (κ2) is 11.5. The van der Waals surface area contributed by atoms with Gasteiger partial charge < -0.3 is 10.6 Å². The first kappa shape index (κ1) is 24.3. The van der Waals surface area contributed by atoms with Crippen molar-refractivity contribution in [3.63, 3.8) is 0 Å². The quantitative estimate of drug-likeness (QED) is 0.436. The molecule has 0 aliphatic carbocycles. The van der Waals surface area contributed by atoms with Crippen LogP contribution >= 0.6 is 23.2 Å². The molecule has 3 aromatic carbocycles. The van der Waals surface area contributed by atoms with Gasteiger partial charge in [-0.1, -0.05) is 47.5 Å². The highest BCUT2D eigenvalue weighted by Crippen LogP contribution is 2.21. The highest BCUT2D eigenvalue weighted by Gasteiger charge is 2.24.